The van der Waals surface area contributed by atoms with E-state index in [9.17, 15) is 4.79 Å². The lowest BCUT2D eigenvalue weighted by atomic mass is 10.1. The van der Waals surface area contributed by atoms with Gasteiger partial charge in [-0.2, -0.15) is 0 Å². The molecule has 0 unspecified atom stereocenters. The summed E-state index contributed by atoms with van der Waals surface area (Å²) >= 11 is 0. The lowest BCUT2D eigenvalue weighted by Gasteiger charge is -2.06. The second-order valence-corrected chi connectivity index (χ2v) is 2.57. The number of amides is 1. The number of hydrogen-bond donors (Lipinski definition) is 2. The number of aliphatic imine (C=N–C) groups is 3. The van der Waals surface area contributed by atoms with E-state index in [4.69, 9.17) is 15.6 Å². The second kappa shape index (κ2) is 4.80. The fraction of sp³-hybridized carbons (Fsp3) is 0.125. The Kier molecular flexibility index (Phi) is 3.44. The number of nitrogens with zero attached hydrogens (tertiary/aromatic N) is 3. The maximum absolute atomic E-state index is 10.7. The van der Waals surface area contributed by atoms with Crippen LogP contribution in [0.5, 0.6) is 0 Å². The molecule has 2 heterocycles. The first-order chi connectivity index (χ1) is 7.19. The lowest BCUT2D eigenvalue weighted by molar-refractivity contribution is -0.123. The van der Waals surface area contributed by atoms with Gasteiger partial charge in [-0.05, 0) is 0 Å². The van der Waals surface area contributed by atoms with E-state index in [2.05, 4.69) is 15.0 Å². The third-order valence-electron chi connectivity index (χ3n) is 1.67. The molecule has 0 saturated carbocycles. The maximum Gasteiger partial charge on any atom is 0.290 e. The van der Waals surface area contributed by atoms with Crippen molar-refractivity contribution < 1.29 is 14.7 Å². The third-order valence-corrected chi connectivity index (χ3v) is 1.67. The van der Waals surface area contributed by atoms with E-state index >= 15 is 0 Å². The lowest BCUT2D eigenvalue weighted by Crippen LogP contribution is -2.21. The van der Waals surface area contributed by atoms with Crippen LogP contribution in [-0.2, 0) is 9.59 Å². The average Bonchev–Trinajstić information content (AvgIpc) is 2.65. The van der Waals surface area contributed by atoms with Crippen LogP contribution in [-0.4, -0.2) is 35.4 Å². The Hall–Kier alpha value is -2.31. The molecule has 0 radical (unpaired) electrons. The molecule has 15 heavy (non-hydrogen) atoms. The van der Waals surface area contributed by atoms with E-state index in [0.717, 1.165) is 0 Å². The Bertz CT molecular complexity index is 406. The van der Waals surface area contributed by atoms with Crippen molar-refractivity contribution in [2.24, 2.45) is 20.7 Å². The number of carboxylic acid groups (broad SMARTS) is 1. The summed E-state index contributed by atoms with van der Waals surface area (Å²) in [7, 11) is 0. The first-order valence-electron chi connectivity index (χ1n) is 3.93. The van der Waals surface area contributed by atoms with Crippen LogP contribution < -0.4 is 5.73 Å². The number of carbonyl (C=O) groups is 2. The molecule has 0 fully saturated rings. The zero-order valence-corrected chi connectivity index (χ0v) is 7.62. The van der Waals surface area contributed by atoms with Crippen molar-refractivity contribution >= 4 is 30.3 Å². The number of rotatable bonds is 1. The van der Waals surface area contributed by atoms with Gasteiger partial charge < -0.3 is 10.8 Å². The van der Waals surface area contributed by atoms with Gasteiger partial charge in [0.05, 0.1) is 5.71 Å². The van der Waals surface area contributed by atoms with Crippen LogP contribution in [0.2, 0.25) is 0 Å². The predicted octanol–water partition coefficient (Wildman–Crippen LogP) is -0.659. The highest BCUT2D eigenvalue weighted by atomic mass is 16.3. The molecular formula is C8H8N4O3. The van der Waals surface area contributed by atoms with Gasteiger partial charge in [-0.15, -0.1) is 0 Å². The zero-order chi connectivity index (χ0) is 11.3. The third kappa shape index (κ3) is 2.56. The van der Waals surface area contributed by atoms with Crippen LogP contribution in [0.1, 0.15) is 6.42 Å². The summed E-state index contributed by atoms with van der Waals surface area (Å²) in [6.45, 7) is -0.250. The molecule has 0 bridgehead atoms. The molecule has 0 aromatic carbocycles. The van der Waals surface area contributed by atoms with E-state index in [0.29, 0.717) is 23.5 Å². The summed E-state index contributed by atoms with van der Waals surface area (Å²) < 4.78 is 0. The highest BCUT2D eigenvalue weighted by Crippen LogP contribution is 2.13. The van der Waals surface area contributed by atoms with Gasteiger partial charge in [0.2, 0.25) is 5.91 Å². The standard InChI is InChI=1S/C7H6N4O.CH2O2/c8-6(12)4-1-5-7(9-2-4)11-3-10-5;2-1-3/h2-3H,1H2,(H2,8,12);1H,(H,2,3). The minimum absolute atomic E-state index is 0.250. The molecule has 0 aliphatic carbocycles. The molecule has 2 rings (SSSR count). The predicted molar refractivity (Wildman–Crippen MR) is 53.9 cm³/mol. The fourth-order valence-corrected chi connectivity index (χ4v) is 1.03. The van der Waals surface area contributed by atoms with Gasteiger partial charge in [0, 0.05) is 18.2 Å². The molecule has 3 N–H and O–H groups in total. The molecular weight excluding hydrogens is 200 g/mol. The summed E-state index contributed by atoms with van der Waals surface area (Å²) in [5.41, 5.74) is 6.27. The van der Waals surface area contributed by atoms with Crippen LogP contribution in [0, 0.1) is 0 Å². The Morgan fingerprint density at radius 2 is 2.20 bits per heavy atom. The summed E-state index contributed by atoms with van der Waals surface area (Å²) in [6.07, 6.45) is 3.31. The number of nitrogens with two attached hydrogens (primary N) is 1. The molecule has 7 heteroatoms. The van der Waals surface area contributed by atoms with Crippen molar-refractivity contribution in [1.29, 1.82) is 0 Å². The van der Waals surface area contributed by atoms with Crippen LogP contribution in [0.15, 0.2) is 26.8 Å². The minimum atomic E-state index is -0.451. The van der Waals surface area contributed by atoms with Gasteiger partial charge >= 0.3 is 0 Å². The summed E-state index contributed by atoms with van der Waals surface area (Å²) in [6, 6.07) is 0. The van der Waals surface area contributed by atoms with Crippen molar-refractivity contribution in [2.45, 2.75) is 6.42 Å². The van der Waals surface area contributed by atoms with Crippen molar-refractivity contribution in [2.75, 3.05) is 0 Å². The Morgan fingerprint density at radius 1 is 1.53 bits per heavy atom. The number of carbonyl (C=O) groups excluding carboxylic acids is 1. The van der Waals surface area contributed by atoms with Crippen LogP contribution in [0.3, 0.4) is 0 Å². The van der Waals surface area contributed by atoms with E-state index in [1.807, 2.05) is 0 Å². The van der Waals surface area contributed by atoms with E-state index in [1.165, 1.54) is 12.5 Å². The quantitative estimate of drug-likeness (QED) is 0.557. The SMILES string of the molecule is NC(=O)C1=CN=C2N=CN=C2C1.O=CO. The van der Waals surface area contributed by atoms with E-state index in [1.54, 1.807) is 0 Å². The van der Waals surface area contributed by atoms with Crippen molar-refractivity contribution in [1.82, 2.24) is 0 Å². The second-order valence-electron chi connectivity index (χ2n) is 2.57. The summed E-state index contributed by atoms with van der Waals surface area (Å²) in [5.74, 6) is 0.132. The fourth-order valence-electron chi connectivity index (χ4n) is 1.03. The molecule has 0 spiro atoms. The van der Waals surface area contributed by atoms with Gasteiger partial charge in [-0.25, -0.2) is 15.0 Å². The highest BCUT2D eigenvalue weighted by molar-refractivity contribution is 6.47. The normalized spacial score (nSPS) is 16.4. The molecule has 0 saturated heterocycles. The zero-order valence-electron chi connectivity index (χ0n) is 7.62. The largest absolute Gasteiger partial charge is 0.483 e. The first-order valence-corrected chi connectivity index (χ1v) is 3.93. The first kappa shape index (κ1) is 10.8. The van der Waals surface area contributed by atoms with Gasteiger partial charge in [0.15, 0.2) is 5.84 Å². The van der Waals surface area contributed by atoms with Gasteiger partial charge in [-0.1, -0.05) is 0 Å². The van der Waals surface area contributed by atoms with Crippen molar-refractivity contribution in [3.63, 3.8) is 0 Å². The average molecular weight is 208 g/mol. The summed E-state index contributed by atoms with van der Waals surface area (Å²) in [4.78, 5) is 30.8. The summed E-state index contributed by atoms with van der Waals surface area (Å²) in [5, 5.41) is 6.89. The number of hydrogen-bond acceptors (Lipinski definition) is 5. The van der Waals surface area contributed by atoms with E-state index < -0.39 is 5.91 Å². The van der Waals surface area contributed by atoms with Crippen molar-refractivity contribution in [3.05, 3.63) is 11.8 Å². The number of amidine groups is 1. The smallest absolute Gasteiger partial charge is 0.290 e. The van der Waals surface area contributed by atoms with E-state index in [-0.39, 0.29) is 6.47 Å². The molecule has 1 amide bonds. The molecule has 2 aliphatic rings. The molecule has 2 aliphatic heterocycles. The highest BCUT2D eigenvalue weighted by Gasteiger charge is 2.19. The minimum Gasteiger partial charge on any atom is -0.483 e. The molecule has 0 atom stereocenters. The van der Waals surface area contributed by atoms with Crippen LogP contribution in [0.4, 0.5) is 0 Å². The Labute approximate surface area is 84.7 Å². The Balaban J connectivity index is 0.000000337. The molecule has 78 valence electrons. The Morgan fingerprint density at radius 3 is 2.80 bits per heavy atom. The topological polar surface area (TPSA) is 117 Å². The number of fused-ring (bicyclic) bond motifs is 1. The van der Waals surface area contributed by atoms with Gasteiger partial charge in [-0.3, -0.25) is 9.59 Å². The molecule has 7 nitrogen and oxygen atoms in total. The van der Waals surface area contributed by atoms with Crippen LogP contribution in [0.25, 0.3) is 0 Å². The van der Waals surface area contributed by atoms with Gasteiger partial charge in [0.25, 0.3) is 6.47 Å². The monoisotopic (exact) mass is 208 g/mol. The maximum atomic E-state index is 10.7. The molecule has 0 aromatic heterocycles. The number of primary amides is 1. The van der Waals surface area contributed by atoms with Gasteiger partial charge in [0.1, 0.15) is 6.34 Å². The van der Waals surface area contributed by atoms with Crippen molar-refractivity contribution in [3.8, 4) is 0 Å². The molecule has 0 aromatic rings. The van der Waals surface area contributed by atoms with Crippen LogP contribution >= 0.6 is 0 Å².